The van der Waals surface area contributed by atoms with Crippen molar-refractivity contribution >= 4 is 40.8 Å². The molecule has 0 aliphatic heterocycles. The van der Waals surface area contributed by atoms with Crippen LogP contribution in [0.25, 0.3) is 0 Å². The Labute approximate surface area is 220 Å². The molecule has 4 atom stereocenters. The Morgan fingerprint density at radius 1 is 0.486 bits per heavy atom. The summed E-state index contributed by atoms with van der Waals surface area (Å²) in [6.07, 6.45) is 6.14. The SMILES string of the molecule is CCC(C=O)CCOP(=O)(OCCC(C=O)CC)OP(=O)(OCCC(C=O)CC)OCCC(C=O)CC. The number of carbonyl (C=O) groups is 4. The summed E-state index contributed by atoms with van der Waals surface area (Å²) in [4.78, 5) is 44.5. The van der Waals surface area contributed by atoms with Crippen LogP contribution in [0.15, 0.2) is 0 Å². The van der Waals surface area contributed by atoms with E-state index in [1.807, 2.05) is 27.7 Å². The number of hydrogen-bond acceptors (Lipinski definition) is 11. The molecule has 0 rings (SSSR count). The molecule has 4 unspecified atom stereocenters. The van der Waals surface area contributed by atoms with Crippen molar-refractivity contribution in [2.75, 3.05) is 26.4 Å². The van der Waals surface area contributed by atoms with Crippen molar-refractivity contribution in [1.82, 2.24) is 0 Å². The average molecular weight is 571 g/mol. The molecular weight excluding hydrogens is 526 g/mol. The second kappa shape index (κ2) is 20.8. The zero-order valence-corrected chi connectivity index (χ0v) is 24.3. The van der Waals surface area contributed by atoms with E-state index in [0.717, 1.165) is 25.1 Å². The topological polar surface area (TPSA) is 149 Å². The van der Waals surface area contributed by atoms with Gasteiger partial charge in [-0.15, -0.1) is 0 Å². The molecule has 0 N–H and O–H groups in total. The van der Waals surface area contributed by atoms with Crippen LogP contribution in [-0.4, -0.2) is 51.6 Å². The maximum Gasteiger partial charge on any atom is 0.483 e. The van der Waals surface area contributed by atoms with E-state index in [4.69, 9.17) is 22.4 Å². The molecule has 0 saturated carbocycles. The first-order chi connectivity index (χ1) is 17.7. The molecule has 216 valence electrons. The molecule has 0 spiro atoms. The third-order valence-corrected chi connectivity index (χ3v) is 9.61. The molecule has 37 heavy (non-hydrogen) atoms. The van der Waals surface area contributed by atoms with E-state index in [2.05, 4.69) is 0 Å². The quantitative estimate of drug-likeness (QED) is 0.0924. The molecule has 0 aliphatic carbocycles. The fourth-order valence-corrected chi connectivity index (χ4v) is 6.23. The summed E-state index contributed by atoms with van der Waals surface area (Å²) in [6, 6.07) is 0. The van der Waals surface area contributed by atoms with Crippen LogP contribution in [0.1, 0.15) is 79.1 Å². The summed E-state index contributed by atoms with van der Waals surface area (Å²) in [7, 11) is -9.07. The van der Waals surface area contributed by atoms with Gasteiger partial charge in [-0.05, 0) is 51.4 Å². The molecule has 0 heterocycles. The maximum atomic E-state index is 13.5. The molecule has 0 aromatic rings. The van der Waals surface area contributed by atoms with Gasteiger partial charge in [-0.3, -0.25) is 18.1 Å². The van der Waals surface area contributed by atoms with Crippen LogP contribution in [0, 0.1) is 23.7 Å². The Balaban J connectivity index is 5.64. The number of carbonyl (C=O) groups excluding carboxylic acids is 4. The second-order valence-corrected chi connectivity index (χ2v) is 12.2. The highest BCUT2D eigenvalue weighted by Gasteiger charge is 2.41. The van der Waals surface area contributed by atoms with Crippen LogP contribution < -0.4 is 0 Å². The van der Waals surface area contributed by atoms with Crippen molar-refractivity contribution in [3.05, 3.63) is 0 Å². The predicted molar refractivity (Wildman–Crippen MR) is 138 cm³/mol. The Bertz CT molecular complexity index is 634. The van der Waals surface area contributed by atoms with Gasteiger partial charge < -0.3 is 19.2 Å². The van der Waals surface area contributed by atoms with Crippen LogP contribution in [0.2, 0.25) is 0 Å². The molecule has 13 heteroatoms. The summed E-state index contributed by atoms with van der Waals surface area (Å²) in [5.41, 5.74) is 0. The lowest BCUT2D eigenvalue weighted by Crippen LogP contribution is -2.12. The fourth-order valence-electron chi connectivity index (χ4n) is 3.03. The average Bonchev–Trinajstić information content (AvgIpc) is 2.89. The first-order valence-corrected chi connectivity index (χ1v) is 15.9. The standard InChI is InChI=1S/C24H44O11P2/c1-5-21(17-25)9-13-31-36(29,32-14-10-22(6-2)18-26)35-37(30,33-15-11-23(7-3)19-27)34-16-12-24(8-4)20-28/h17-24H,5-16H2,1-4H3. The van der Waals surface area contributed by atoms with Gasteiger partial charge >= 0.3 is 15.6 Å². The van der Waals surface area contributed by atoms with E-state index in [9.17, 15) is 28.3 Å². The molecule has 0 aromatic carbocycles. The monoisotopic (exact) mass is 570 g/mol. The van der Waals surface area contributed by atoms with Crippen molar-refractivity contribution in [3.63, 3.8) is 0 Å². The lowest BCUT2D eigenvalue weighted by atomic mass is 10.1. The van der Waals surface area contributed by atoms with Gasteiger partial charge in [-0.2, -0.15) is 4.31 Å². The third-order valence-electron chi connectivity index (χ3n) is 6.02. The highest BCUT2D eigenvalue weighted by molar-refractivity contribution is 7.62. The normalized spacial score (nSPS) is 18.1. The minimum atomic E-state index is -4.53. The number of phosphoric ester groups is 2. The van der Waals surface area contributed by atoms with E-state index >= 15 is 0 Å². The molecule has 0 amide bonds. The van der Waals surface area contributed by atoms with E-state index < -0.39 is 15.6 Å². The Kier molecular flexibility index (Phi) is 20.2. The molecule has 0 fully saturated rings. The largest absolute Gasteiger partial charge is 0.483 e. The number of rotatable bonds is 26. The number of phosphoric acid groups is 2. The van der Waals surface area contributed by atoms with Crippen LogP contribution in [-0.2, 0) is 50.7 Å². The van der Waals surface area contributed by atoms with Crippen LogP contribution in [0.4, 0.5) is 0 Å². The highest BCUT2D eigenvalue weighted by Crippen LogP contribution is 2.66. The molecule has 0 saturated heterocycles. The summed E-state index contributed by atoms with van der Waals surface area (Å²) < 4.78 is 53.7. The first kappa shape index (κ1) is 35.9. The van der Waals surface area contributed by atoms with E-state index in [0.29, 0.717) is 25.7 Å². The van der Waals surface area contributed by atoms with Crippen molar-refractivity contribution in [3.8, 4) is 0 Å². The summed E-state index contributed by atoms with van der Waals surface area (Å²) in [5.74, 6) is -1.35. The zero-order chi connectivity index (χ0) is 28.2. The number of hydrogen-bond donors (Lipinski definition) is 0. The van der Waals surface area contributed by atoms with Gasteiger partial charge in [0.15, 0.2) is 0 Å². The first-order valence-electron chi connectivity index (χ1n) is 13.0. The smallest absolute Gasteiger partial charge is 0.303 e. The van der Waals surface area contributed by atoms with Crippen molar-refractivity contribution in [2.24, 2.45) is 23.7 Å². The second-order valence-electron chi connectivity index (χ2n) is 8.68. The molecule has 0 radical (unpaired) electrons. The lowest BCUT2D eigenvalue weighted by Gasteiger charge is -2.24. The van der Waals surface area contributed by atoms with Gasteiger partial charge in [-0.1, -0.05) is 27.7 Å². The molecule has 11 nitrogen and oxygen atoms in total. The number of aldehydes is 4. The van der Waals surface area contributed by atoms with Gasteiger partial charge in [0, 0.05) is 23.7 Å². The highest BCUT2D eigenvalue weighted by atomic mass is 31.3. The Hall–Kier alpha value is -1.06. The summed E-state index contributed by atoms with van der Waals surface area (Å²) >= 11 is 0. The Morgan fingerprint density at radius 2 is 0.703 bits per heavy atom. The van der Waals surface area contributed by atoms with Crippen LogP contribution in [0.5, 0.6) is 0 Å². The summed E-state index contributed by atoms with van der Waals surface area (Å²) in [6.45, 7) is 6.51. The van der Waals surface area contributed by atoms with Crippen LogP contribution in [0.3, 0.4) is 0 Å². The minimum absolute atomic E-state index is 0.189. The summed E-state index contributed by atoms with van der Waals surface area (Å²) in [5, 5.41) is 0. The van der Waals surface area contributed by atoms with Gasteiger partial charge in [0.2, 0.25) is 0 Å². The maximum absolute atomic E-state index is 13.5. The van der Waals surface area contributed by atoms with E-state index in [1.165, 1.54) is 0 Å². The zero-order valence-electron chi connectivity index (χ0n) is 22.5. The van der Waals surface area contributed by atoms with Gasteiger partial charge in [0.05, 0.1) is 26.4 Å². The lowest BCUT2D eigenvalue weighted by molar-refractivity contribution is -0.112. The van der Waals surface area contributed by atoms with Crippen molar-refractivity contribution in [2.45, 2.75) is 79.1 Å². The molecular formula is C24H44O11P2. The van der Waals surface area contributed by atoms with E-state index in [1.54, 1.807) is 0 Å². The molecule has 0 aromatic heterocycles. The molecule has 0 bridgehead atoms. The van der Waals surface area contributed by atoms with Gasteiger partial charge in [0.25, 0.3) is 0 Å². The van der Waals surface area contributed by atoms with Gasteiger partial charge in [-0.25, -0.2) is 9.13 Å². The fraction of sp³-hybridized carbons (Fsp3) is 0.833. The van der Waals surface area contributed by atoms with Crippen LogP contribution >= 0.6 is 15.6 Å². The minimum Gasteiger partial charge on any atom is -0.303 e. The van der Waals surface area contributed by atoms with E-state index in [-0.39, 0.29) is 75.8 Å². The Morgan fingerprint density at radius 3 is 0.865 bits per heavy atom. The predicted octanol–water partition coefficient (Wildman–Crippen LogP) is 5.75. The van der Waals surface area contributed by atoms with Crippen molar-refractivity contribution < 1.29 is 50.7 Å². The third kappa shape index (κ3) is 15.8. The van der Waals surface area contributed by atoms with Gasteiger partial charge in [0.1, 0.15) is 25.1 Å². The molecule has 0 aliphatic rings. The van der Waals surface area contributed by atoms with Crippen molar-refractivity contribution in [1.29, 1.82) is 0 Å².